The number of nitrogens with zero attached hydrogens (tertiary/aromatic N) is 2. The van der Waals surface area contributed by atoms with Crippen LogP contribution in [0.5, 0.6) is 0 Å². The lowest BCUT2D eigenvalue weighted by Gasteiger charge is -2.14. The molecule has 0 spiro atoms. The molecule has 5 nitrogen and oxygen atoms in total. The summed E-state index contributed by atoms with van der Waals surface area (Å²) in [4.78, 5) is 10.6. The van der Waals surface area contributed by atoms with Crippen LogP contribution < -0.4 is 10.6 Å². The molecule has 0 aliphatic carbocycles. The van der Waals surface area contributed by atoms with Gasteiger partial charge in [0.1, 0.15) is 12.0 Å². The molecule has 2 N–H and O–H groups in total. The van der Waals surface area contributed by atoms with Crippen molar-refractivity contribution in [2.75, 3.05) is 13.1 Å². The number of hydrogen-bond donors (Lipinski definition) is 2. The highest BCUT2D eigenvalue weighted by molar-refractivity contribution is 14.0. The summed E-state index contributed by atoms with van der Waals surface area (Å²) in [6.45, 7) is 8.46. The third-order valence-electron chi connectivity index (χ3n) is 4.20. The molecular weight excluding hydrogens is 483 g/mol. The standard InChI is InChI=1S/C21H26N4OS.HI/c1-4-22-21(23-12-16(3)19-6-5-11-27-19)24-13-18-14-26-20(25-18)17-9-7-15(2)8-10-17;/h5-11,14,16H,4,12-13H2,1-3H3,(H2,22,23,24);1H. The number of aliphatic imine (C=N–C) groups is 1. The molecule has 1 atom stereocenters. The number of aromatic nitrogens is 1. The molecule has 0 bridgehead atoms. The van der Waals surface area contributed by atoms with E-state index < -0.39 is 0 Å². The lowest BCUT2D eigenvalue weighted by molar-refractivity contribution is 0.572. The molecule has 7 heteroatoms. The van der Waals surface area contributed by atoms with Gasteiger partial charge in [-0.25, -0.2) is 9.98 Å². The van der Waals surface area contributed by atoms with Crippen molar-refractivity contribution in [1.82, 2.24) is 15.6 Å². The minimum Gasteiger partial charge on any atom is -0.444 e. The number of oxazole rings is 1. The van der Waals surface area contributed by atoms with Crippen LogP contribution in [0.4, 0.5) is 0 Å². The quantitative estimate of drug-likeness (QED) is 0.261. The molecule has 0 saturated heterocycles. The zero-order valence-electron chi connectivity index (χ0n) is 16.4. The highest BCUT2D eigenvalue weighted by atomic mass is 127. The van der Waals surface area contributed by atoms with Crippen LogP contribution in [0.2, 0.25) is 0 Å². The van der Waals surface area contributed by atoms with Gasteiger partial charge < -0.3 is 15.1 Å². The lowest BCUT2D eigenvalue weighted by Crippen LogP contribution is -2.39. The predicted molar refractivity (Wildman–Crippen MR) is 128 cm³/mol. The molecule has 1 aromatic carbocycles. The van der Waals surface area contributed by atoms with Crippen molar-refractivity contribution in [2.45, 2.75) is 33.2 Å². The van der Waals surface area contributed by atoms with Gasteiger partial charge in [-0.2, -0.15) is 0 Å². The minimum absolute atomic E-state index is 0. The minimum atomic E-state index is 0. The number of benzene rings is 1. The normalized spacial score (nSPS) is 12.3. The van der Waals surface area contributed by atoms with E-state index in [0.29, 0.717) is 18.4 Å². The Morgan fingerprint density at radius 3 is 2.68 bits per heavy atom. The molecule has 0 radical (unpaired) electrons. The van der Waals surface area contributed by atoms with Crippen molar-refractivity contribution in [3.63, 3.8) is 0 Å². The van der Waals surface area contributed by atoms with Crippen LogP contribution in [-0.2, 0) is 6.54 Å². The second-order valence-electron chi connectivity index (χ2n) is 6.50. The molecule has 2 heterocycles. The number of hydrogen-bond acceptors (Lipinski definition) is 4. The largest absolute Gasteiger partial charge is 0.444 e. The Morgan fingerprint density at radius 1 is 1.21 bits per heavy atom. The maximum Gasteiger partial charge on any atom is 0.226 e. The highest BCUT2D eigenvalue weighted by Gasteiger charge is 2.09. The molecule has 28 heavy (non-hydrogen) atoms. The summed E-state index contributed by atoms with van der Waals surface area (Å²) in [7, 11) is 0. The fraction of sp³-hybridized carbons (Fsp3) is 0.333. The second-order valence-corrected chi connectivity index (χ2v) is 7.48. The van der Waals surface area contributed by atoms with Gasteiger partial charge in [-0.3, -0.25) is 0 Å². The third-order valence-corrected chi connectivity index (χ3v) is 5.30. The number of thiophene rings is 1. The van der Waals surface area contributed by atoms with Crippen LogP contribution in [0.1, 0.15) is 35.9 Å². The lowest BCUT2D eigenvalue weighted by atomic mass is 10.1. The van der Waals surface area contributed by atoms with Gasteiger partial charge in [-0.1, -0.05) is 30.7 Å². The predicted octanol–water partition coefficient (Wildman–Crippen LogP) is 5.19. The monoisotopic (exact) mass is 510 g/mol. The van der Waals surface area contributed by atoms with E-state index in [9.17, 15) is 0 Å². The summed E-state index contributed by atoms with van der Waals surface area (Å²) in [6.07, 6.45) is 1.68. The van der Waals surface area contributed by atoms with E-state index in [4.69, 9.17) is 4.42 Å². The number of aryl methyl sites for hydroxylation is 1. The summed E-state index contributed by atoms with van der Waals surface area (Å²) in [5.41, 5.74) is 3.01. The smallest absolute Gasteiger partial charge is 0.226 e. The van der Waals surface area contributed by atoms with Crippen molar-refractivity contribution in [3.05, 3.63) is 64.2 Å². The van der Waals surface area contributed by atoms with E-state index in [1.807, 2.05) is 12.1 Å². The van der Waals surface area contributed by atoms with Gasteiger partial charge >= 0.3 is 0 Å². The summed E-state index contributed by atoms with van der Waals surface area (Å²) < 4.78 is 5.61. The Bertz CT molecular complexity index is 859. The maximum atomic E-state index is 5.61. The van der Waals surface area contributed by atoms with E-state index >= 15 is 0 Å². The molecule has 0 saturated carbocycles. The van der Waals surface area contributed by atoms with E-state index in [2.05, 4.69) is 71.0 Å². The highest BCUT2D eigenvalue weighted by Crippen LogP contribution is 2.20. The fourth-order valence-electron chi connectivity index (χ4n) is 2.63. The maximum absolute atomic E-state index is 5.61. The number of rotatable bonds is 7. The van der Waals surface area contributed by atoms with Crippen molar-refractivity contribution in [3.8, 4) is 11.5 Å². The molecule has 150 valence electrons. The van der Waals surface area contributed by atoms with Crippen molar-refractivity contribution in [1.29, 1.82) is 0 Å². The van der Waals surface area contributed by atoms with Gasteiger partial charge in [-0.05, 0) is 37.4 Å². The van der Waals surface area contributed by atoms with Crippen LogP contribution >= 0.6 is 35.3 Å². The number of guanidine groups is 1. The van der Waals surface area contributed by atoms with Crippen LogP contribution in [0.3, 0.4) is 0 Å². The van der Waals surface area contributed by atoms with Crippen LogP contribution in [0.15, 0.2) is 57.5 Å². The molecule has 0 amide bonds. The Hall–Kier alpha value is -1.87. The molecule has 2 aromatic heterocycles. The van der Waals surface area contributed by atoms with Crippen LogP contribution in [-0.4, -0.2) is 24.0 Å². The summed E-state index contributed by atoms with van der Waals surface area (Å²) in [5.74, 6) is 1.86. The van der Waals surface area contributed by atoms with Crippen LogP contribution in [0.25, 0.3) is 11.5 Å². The van der Waals surface area contributed by atoms with E-state index in [1.165, 1.54) is 10.4 Å². The molecule has 3 rings (SSSR count). The molecule has 0 fully saturated rings. The molecule has 0 aliphatic heterocycles. The summed E-state index contributed by atoms with van der Waals surface area (Å²) in [6, 6.07) is 12.4. The first kappa shape index (κ1) is 22.4. The molecular formula is C21H27IN4OS. The fourth-order valence-corrected chi connectivity index (χ4v) is 3.42. The van der Waals surface area contributed by atoms with Gasteiger partial charge in [0.25, 0.3) is 0 Å². The number of halogens is 1. The van der Waals surface area contributed by atoms with Crippen LogP contribution in [0, 0.1) is 6.92 Å². The molecule has 3 aromatic rings. The third kappa shape index (κ3) is 6.34. The Labute approximate surface area is 187 Å². The van der Waals surface area contributed by atoms with E-state index in [1.54, 1.807) is 17.6 Å². The molecule has 0 aliphatic rings. The van der Waals surface area contributed by atoms with E-state index in [-0.39, 0.29) is 24.0 Å². The number of nitrogens with one attached hydrogen (secondary N) is 2. The van der Waals surface area contributed by atoms with Crippen molar-refractivity contribution >= 4 is 41.3 Å². The van der Waals surface area contributed by atoms with Gasteiger partial charge in [0.15, 0.2) is 5.96 Å². The first-order valence-electron chi connectivity index (χ1n) is 9.22. The van der Waals surface area contributed by atoms with Crippen molar-refractivity contribution in [2.24, 2.45) is 4.99 Å². The first-order chi connectivity index (χ1) is 13.2. The average molecular weight is 510 g/mol. The van der Waals surface area contributed by atoms with E-state index in [0.717, 1.165) is 30.3 Å². The zero-order chi connectivity index (χ0) is 19.1. The van der Waals surface area contributed by atoms with Gasteiger partial charge in [0.2, 0.25) is 5.89 Å². The zero-order valence-corrected chi connectivity index (χ0v) is 19.6. The summed E-state index contributed by atoms with van der Waals surface area (Å²) >= 11 is 1.79. The second kappa shape index (κ2) is 11.2. The average Bonchev–Trinajstić information content (AvgIpc) is 3.36. The first-order valence-corrected chi connectivity index (χ1v) is 10.1. The topological polar surface area (TPSA) is 62.5 Å². The Balaban J connectivity index is 0.00000280. The van der Waals surface area contributed by atoms with Gasteiger partial charge in [0, 0.05) is 29.4 Å². The summed E-state index contributed by atoms with van der Waals surface area (Å²) in [5, 5.41) is 8.81. The molecule has 1 unspecified atom stereocenters. The van der Waals surface area contributed by atoms with Crippen molar-refractivity contribution < 1.29 is 4.42 Å². The Kier molecular flexibility index (Phi) is 8.98. The van der Waals surface area contributed by atoms with Gasteiger partial charge in [-0.15, -0.1) is 35.3 Å². The SMILES string of the molecule is CCNC(=NCc1coc(-c2ccc(C)cc2)n1)NCC(C)c1cccs1.I. The van der Waals surface area contributed by atoms with Gasteiger partial charge in [0.05, 0.1) is 6.54 Å². The Morgan fingerprint density at radius 2 is 2.00 bits per heavy atom.